The summed E-state index contributed by atoms with van der Waals surface area (Å²) < 4.78 is 26.6. The number of carbonyl (C=O) groups excluding carboxylic acids is 2. The molecule has 0 radical (unpaired) electrons. The molecule has 1 aromatic carbocycles. The highest BCUT2D eigenvalue weighted by Gasteiger charge is 2.25. The first-order valence-electron chi connectivity index (χ1n) is 7.86. The van der Waals surface area contributed by atoms with Gasteiger partial charge in [0.2, 0.25) is 0 Å². The van der Waals surface area contributed by atoms with Gasteiger partial charge in [-0.25, -0.2) is 4.79 Å². The maximum Gasteiger partial charge on any atom is 0.334 e. The molecule has 0 aliphatic rings. The van der Waals surface area contributed by atoms with E-state index in [1.165, 1.54) is 21.3 Å². The van der Waals surface area contributed by atoms with Gasteiger partial charge < -0.3 is 19.1 Å². The lowest BCUT2D eigenvalue weighted by molar-refractivity contribution is -0.143. The van der Waals surface area contributed by atoms with Crippen LogP contribution in [-0.2, 0) is 29.3 Å². The third-order valence-corrected chi connectivity index (χ3v) is 5.61. The molecule has 0 aliphatic carbocycles. The number of hydrogen-bond donors (Lipinski definition) is 1. The molecule has 0 aliphatic heterocycles. The Balaban J connectivity index is 2.84. The third kappa shape index (κ3) is 6.26. The summed E-state index contributed by atoms with van der Waals surface area (Å²) in [6, 6.07) is 7.45. The largest absolute Gasteiger partial charge is 0.467 e. The topological polar surface area (TPSA) is 115 Å². The number of benzene rings is 1. The van der Waals surface area contributed by atoms with E-state index in [4.69, 9.17) is 14.3 Å². The minimum absolute atomic E-state index is 0.0758. The van der Waals surface area contributed by atoms with Gasteiger partial charge in [0.1, 0.15) is 6.04 Å². The van der Waals surface area contributed by atoms with Crippen LogP contribution in [0.2, 0.25) is 0 Å². The predicted octanol–water partition coefficient (Wildman–Crippen LogP) is 2.49. The van der Waals surface area contributed by atoms with Gasteiger partial charge in [0.25, 0.3) is 5.91 Å². The summed E-state index contributed by atoms with van der Waals surface area (Å²) in [6.45, 7) is 1.65. The highest BCUT2D eigenvalue weighted by atomic mass is 31.2. The molecule has 142 valence electrons. The highest BCUT2D eigenvalue weighted by molar-refractivity contribution is 7.52. The molecule has 0 saturated heterocycles. The number of hydrogen-bond acceptors (Lipinski definition) is 7. The number of esters is 1. The molecule has 8 nitrogen and oxygen atoms in total. The fourth-order valence-electron chi connectivity index (χ4n) is 2.19. The lowest BCUT2D eigenvalue weighted by Crippen LogP contribution is -2.42. The van der Waals surface area contributed by atoms with E-state index < -0.39 is 31.4 Å². The zero-order chi connectivity index (χ0) is 19.7. The summed E-state index contributed by atoms with van der Waals surface area (Å²) in [7, 11) is 0.640. The number of carbonyl (C=O) groups is 2. The third-order valence-electron chi connectivity index (χ3n) is 3.75. The fraction of sp³-hybridized carbons (Fsp3) is 0.471. The van der Waals surface area contributed by atoms with Crippen LogP contribution in [-0.4, -0.2) is 39.2 Å². The summed E-state index contributed by atoms with van der Waals surface area (Å²) in [5, 5.41) is 11.5. The van der Waals surface area contributed by atoms with Crippen molar-refractivity contribution in [2.24, 2.45) is 5.92 Å². The summed E-state index contributed by atoms with van der Waals surface area (Å²) in [5.74, 6) is -1.50. The van der Waals surface area contributed by atoms with Crippen LogP contribution in [0, 0.1) is 17.2 Å². The van der Waals surface area contributed by atoms with Gasteiger partial charge in [-0.2, -0.15) is 5.26 Å². The maximum atomic E-state index is 12.3. The summed E-state index contributed by atoms with van der Waals surface area (Å²) in [6.07, 6.45) is 0.226. The minimum atomic E-state index is -3.19. The Morgan fingerprint density at radius 3 is 2.23 bits per heavy atom. The van der Waals surface area contributed by atoms with Crippen LogP contribution < -0.4 is 5.32 Å². The zero-order valence-corrected chi connectivity index (χ0v) is 16.1. The van der Waals surface area contributed by atoms with Crippen molar-refractivity contribution < 1.29 is 27.9 Å². The van der Waals surface area contributed by atoms with Crippen LogP contribution in [0.15, 0.2) is 24.3 Å². The van der Waals surface area contributed by atoms with Crippen molar-refractivity contribution in [1.82, 2.24) is 5.32 Å². The molecule has 0 unspecified atom stereocenters. The van der Waals surface area contributed by atoms with Crippen molar-refractivity contribution >= 4 is 19.5 Å². The van der Waals surface area contributed by atoms with E-state index in [1.54, 1.807) is 31.2 Å². The van der Waals surface area contributed by atoms with E-state index in [2.05, 4.69) is 10.1 Å². The number of nitrogens with zero attached hydrogens (tertiary/aromatic N) is 1. The number of nitrogens with one attached hydrogen (secondary N) is 1. The van der Waals surface area contributed by atoms with E-state index in [1.807, 2.05) is 6.07 Å². The Labute approximate surface area is 153 Å². The van der Waals surface area contributed by atoms with Gasteiger partial charge in [-0.1, -0.05) is 12.1 Å². The number of rotatable bonds is 9. The summed E-state index contributed by atoms with van der Waals surface area (Å²) >= 11 is 0. The zero-order valence-electron chi connectivity index (χ0n) is 15.2. The van der Waals surface area contributed by atoms with Crippen LogP contribution in [0.4, 0.5) is 0 Å². The van der Waals surface area contributed by atoms with Gasteiger partial charge in [-0.05, 0) is 31.0 Å². The molecule has 0 aromatic heterocycles. The number of ether oxygens (including phenoxy) is 1. The molecule has 1 amide bonds. The first kappa shape index (κ1) is 21.8. The Morgan fingerprint density at radius 2 is 1.77 bits per heavy atom. The SMILES string of the molecule is COC(=O)[C@H](C[C@H](C)C#N)NC(=O)c1ccc(CP(=O)(OC)OC)cc1. The summed E-state index contributed by atoms with van der Waals surface area (Å²) in [4.78, 5) is 24.2. The van der Waals surface area contributed by atoms with Crippen molar-refractivity contribution in [1.29, 1.82) is 5.26 Å². The Hall–Kier alpha value is -2.20. The van der Waals surface area contributed by atoms with E-state index in [9.17, 15) is 14.2 Å². The molecule has 0 fully saturated rings. The first-order chi connectivity index (χ1) is 12.3. The van der Waals surface area contributed by atoms with Crippen molar-refractivity contribution in [2.75, 3.05) is 21.3 Å². The molecular formula is C17H23N2O6P. The normalized spacial score (nSPS) is 13.3. The first-order valence-corrected chi connectivity index (χ1v) is 9.59. The molecule has 1 rings (SSSR count). The van der Waals surface area contributed by atoms with E-state index in [0.29, 0.717) is 11.1 Å². The number of amides is 1. The molecule has 9 heteroatoms. The van der Waals surface area contributed by atoms with Gasteiger partial charge in [0, 0.05) is 25.7 Å². The van der Waals surface area contributed by atoms with Crippen molar-refractivity contribution in [3.8, 4) is 6.07 Å². The van der Waals surface area contributed by atoms with Crippen molar-refractivity contribution in [2.45, 2.75) is 25.5 Å². The maximum absolute atomic E-state index is 12.3. The summed E-state index contributed by atoms with van der Waals surface area (Å²) in [5.41, 5.74) is 0.994. The minimum Gasteiger partial charge on any atom is -0.467 e. The number of nitriles is 1. The molecule has 0 bridgehead atoms. The standard InChI is InChI=1S/C17H23N2O6P/c1-12(10-18)9-15(17(21)23-2)19-16(20)14-7-5-13(6-8-14)11-26(22,24-3)25-4/h5-8,12,15H,9,11H2,1-4H3,(H,19,20)/t12-,15-/m0/s1. The Kier molecular flexibility index (Phi) is 8.46. The average molecular weight is 382 g/mol. The smallest absolute Gasteiger partial charge is 0.334 e. The molecule has 0 spiro atoms. The van der Waals surface area contributed by atoms with E-state index >= 15 is 0 Å². The second-order valence-electron chi connectivity index (χ2n) is 5.65. The van der Waals surface area contributed by atoms with E-state index in [0.717, 1.165) is 0 Å². The lowest BCUT2D eigenvalue weighted by Gasteiger charge is -2.17. The monoisotopic (exact) mass is 382 g/mol. The van der Waals surface area contributed by atoms with E-state index in [-0.39, 0.29) is 12.6 Å². The molecule has 0 heterocycles. The Bertz CT molecular complexity index is 705. The van der Waals surface area contributed by atoms with Crippen LogP contribution >= 0.6 is 7.60 Å². The van der Waals surface area contributed by atoms with Crippen molar-refractivity contribution in [3.63, 3.8) is 0 Å². The van der Waals surface area contributed by atoms with Gasteiger partial charge >= 0.3 is 13.6 Å². The predicted molar refractivity (Wildman–Crippen MR) is 94.4 cm³/mol. The molecule has 1 N–H and O–H groups in total. The highest BCUT2D eigenvalue weighted by Crippen LogP contribution is 2.49. The average Bonchev–Trinajstić information content (AvgIpc) is 2.66. The van der Waals surface area contributed by atoms with Gasteiger partial charge in [0.15, 0.2) is 0 Å². The van der Waals surface area contributed by atoms with Crippen LogP contribution in [0.3, 0.4) is 0 Å². The van der Waals surface area contributed by atoms with Crippen LogP contribution in [0.1, 0.15) is 29.3 Å². The second-order valence-corrected chi connectivity index (χ2v) is 7.91. The molecule has 2 atom stereocenters. The fourth-order valence-corrected chi connectivity index (χ4v) is 3.26. The van der Waals surface area contributed by atoms with Crippen molar-refractivity contribution in [3.05, 3.63) is 35.4 Å². The molecule has 1 aromatic rings. The van der Waals surface area contributed by atoms with Crippen LogP contribution in [0.5, 0.6) is 0 Å². The van der Waals surface area contributed by atoms with Gasteiger partial charge in [-0.3, -0.25) is 9.36 Å². The second kappa shape index (κ2) is 10.1. The molecule has 0 saturated carbocycles. The lowest BCUT2D eigenvalue weighted by atomic mass is 10.0. The Morgan fingerprint density at radius 1 is 1.19 bits per heavy atom. The molecular weight excluding hydrogens is 359 g/mol. The van der Waals surface area contributed by atoms with Gasteiger partial charge in [0.05, 0.1) is 19.3 Å². The van der Waals surface area contributed by atoms with Gasteiger partial charge in [-0.15, -0.1) is 0 Å². The number of methoxy groups -OCH3 is 1. The van der Waals surface area contributed by atoms with Crippen LogP contribution in [0.25, 0.3) is 0 Å². The quantitative estimate of drug-likeness (QED) is 0.515. The molecule has 26 heavy (non-hydrogen) atoms.